The van der Waals surface area contributed by atoms with Crippen LogP contribution in [-0.4, -0.2) is 4.99 Å². The van der Waals surface area contributed by atoms with Crippen LogP contribution in [0.1, 0.15) is 36.5 Å². The van der Waals surface area contributed by atoms with Crippen LogP contribution in [0.15, 0.2) is 18.2 Å². The van der Waals surface area contributed by atoms with Crippen LogP contribution in [0.3, 0.4) is 0 Å². The first kappa shape index (κ1) is 12.2. The highest BCUT2D eigenvalue weighted by atomic mass is 32.1. The normalized spacial score (nSPS) is 14.7. The van der Waals surface area contributed by atoms with Crippen molar-refractivity contribution in [2.75, 3.05) is 0 Å². The summed E-state index contributed by atoms with van der Waals surface area (Å²) in [6.07, 6.45) is 0. The van der Waals surface area contributed by atoms with E-state index in [0.29, 0.717) is 10.9 Å². The molecule has 0 saturated carbocycles. The molecule has 0 radical (unpaired) electrons. The van der Waals surface area contributed by atoms with E-state index in [4.69, 9.17) is 18.0 Å². The van der Waals surface area contributed by atoms with E-state index in [9.17, 15) is 0 Å². The van der Waals surface area contributed by atoms with Crippen molar-refractivity contribution in [2.24, 2.45) is 11.7 Å². The maximum absolute atomic E-state index is 5.68. The zero-order valence-corrected chi connectivity index (χ0v) is 10.7. The number of benzene rings is 1. The molecule has 0 heterocycles. The van der Waals surface area contributed by atoms with E-state index in [-0.39, 0.29) is 5.92 Å². The second kappa shape index (κ2) is 4.75. The van der Waals surface area contributed by atoms with Crippen molar-refractivity contribution < 1.29 is 0 Å². The third-order valence-corrected chi connectivity index (χ3v) is 3.34. The van der Waals surface area contributed by atoms with Gasteiger partial charge in [0, 0.05) is 5.92 Å². The van der Waals surface area contributed by atoms with Gasteiger partial charge in [0.15, 0.2) is 0 Å². The van der Waals surface area contributed by atoms with Gasteiger partial charge in [-0.1, -0.05) is 55.4 Å². The molecule has 1 nitrogen and oxygen atoms in total. The highest BCUT2D eigenvalue weighted by Crippen LogP contribution is 2.25. The summed E-state index contributed by atoms with van der Waals surface area (Å²) in [6.45, 7) is 8.51. The monoisotopic (exact) mass is 221 g/mol. The highest BCUT2D eigenvalue weighted by molar-refractivity contribution is 7.80. The number of nitrogens with two attached hydrogens (primary N) is 1. The van der Waals surface area contributed by atoms with Crippen molar-refractivity contribution in [1.82, 2.24) is 0 Å². The van der Waals surface area contributed by atoms with Gasteiger partial charge in [-0.05, 0) is 25.3 Å². The average molecular weight is 221 g/mol. The summed E-state index contributed by atoms with van der Waals surface area (Å²) >= 11 is 5.04. The van der Waals surface area contributed by atoms with Gasteiger partial charge in [0.25, 0.3) is 0 Å². The molecule has 2 unspecified atom stereocenters. The molecule has 0 aliphatic rings. The first-order valence-corrected chi connectivity index (χ1v) is 5.70. The van der Waals surface area contributed by atoms with Crippen LogP contribution in [0.5, 0.6) is 0 Å². The maximum atomic E-state index is 5.68. The molecule has 0 saturated heterocycles. The topological polar surface area (TPSA) is 26.0 Å². The van der Waals surface area contributed by atoms with Crippen molar-refractivity contribution >= 4 is 17.2 Å². The molecule has 1 aromatic carbocycles. The summed E-state index contributed by atoms with van der Waals surface area (Å²) in [5.41, 5.74) is 9.60. The summed E-state index contributed by atoms with van der Waals surface area (Å²) in [5.74, 6) is 0.641. The van der Waals surface area contributed by atoms with Gasteiger partial charge in [0.2, 0.25) is 0 Å². The van der Waals surface area contributed by atoms with Gasteiger partial charge in [-0.25, -0.2) is 0 Å². The van der Waals surface area contributed by atoms with Gasteiger partial charge in [0.05, 0.1) is 4.99 Å². The van der Waals surface area contributed by atoms with E-state index in [0.717, 1.165) is 0 Å². The Labute approximate surface area is 97.7 Å². The van der Waals surface area contributed by atoms with Crippen molar-refractivity contribution in [1.29, 1.82) is 0 Å². The molecule has 0 bridgehead atoms. The second-order valence-electron chi connectivity index (χ2n) is 4.40. The average Bonchev–Trinajstić information content (AvgIpc) is 2.13. The molecule has 0 fully saturated rings. The number of hydrogen-bond donors (Lipinski definition) is 1. The first-order chi connectivity index (χ1) is 6.91. The van der Waals surface area contributed by atoms with E-state index < -0.39 is 0 Å². The van der Waals surface area contributed by atoms with Gasteiger partial charge in [-0.3, -0.25) is 0 Å². The van der Waals surface area contributed by atoms with E-state index in [1.807, 2.05) is 0 Å². The predicted octanol–water partition coefficient (Wildman–Crippen LogP) is 3.33. The predicted molar refractivity (Wildman–Crippen MR) is 70.3 cm³/mol. The standard InChI is InChI=1S/C13H19NS/c1-8-5-9(2)7-12(6-8)10(3)11(4)13(14)15/h5-7,10-11H,1-4H3,(H2,14,15). The Morgan fingerprint density at radius 3 is 2.00 bits per heavy atom. The summed E-state index contributed by atoms with van der Waals surface area (Å²) in [5, 5.41) is 0. The Hall–Kier alpha value is -0.890. The van der Waals surface area contributed by atoms with Crippen LogP contribution in [0.4, 0.5) is 0 Å². The largest absolute Gasteiger partial charge is 0.393 e. The minimum Gasteiger partial charge on any atom is -0.393 e. The van der Waals surface area contributed by atoms with Gasteiger partial charge in [-0.15, -0.1) is 0 Å². The van der Waals surface area contributed by atoms with Gasteiger partial charge in [0.1, 0.15) is 0 Å². The number of rotatable bonds is 3. The smallest absolute Gasteiger partial charge is 0.0761 e. The molecule has 1 rings (SSSR count). The molecule has 15 heavy (non-hydrogen) atoms. The molecular formula is C13H19NS. The fraction of sp³-hybridized carbons (Fsp3) is 0.462. The third kappa shape index (κ3) is 3.03. The Morgan fingerprint density at radius 1 is 1.13 bits per heavy atom. The van der Waals surface area contributed by atoms with E-state index in [1.165, 1.54) is 16.7 Å². The van der Waals surface area contributed by atoms with E-state index in [1.54, 1.807) is 0 Å². The number of thiocarbonyl (C=S) groups is 1. The molecule has 0 spiro atoms. The molecule has 1 aromatic rings. The third-order valence-electron chi connectivity index (χ3n) is 2.97. The molecule has 2 N–H and O–H groups in total. The molecular weight excluding hydrogens is 202 g/mol. The van der Waals surface area contributed by atoms with E-state index >= 15 is 0 Å². The molecule has 82 valence electrons. The zero-order valence-electron chi connectivity index (χ0n) is 9.87. The van der Waals surface area contributed by atoms with Gasteiger partial charge in [-0.2, -0.15) is 0 Å². The summed E-state index contributed by atoms with van der Waals surface area (Å²) in [6, 6.07) is 6.61. The minimum atomic E-state index is 0.251. The molecule has 0 aliphatic heterocycles. The van der Waals surface area contributed by atoms with Crippen LogP contribution in [0.2, 0.25) is 0 Å². The van der Waals surface area contributed by atoms with Crippen molar-refractivity contribution in [3.8, 4) is 0 Å². The lowest BCUT2D eigenvalue weighted by molar-refractivity contribution is 0.626. The fourth-order valence-electron chi connectivity index (χ4n) is 1.81. The van der Waals surface area contributed by atoms with E-state index in [2.05, 4.69) is 45.9 Å². The van der Waals surface area contributed by atoms with Crippen LogP contribution in [0.25, 0.3) is 0 Å². The Bertz CT molecular complexity index is 351. The first-order valence-electron chi connectivity index (χ1n) is 5.29. The number of hydrogen-bond acceptors (Lipinski definition) is 1. The molecule has 0 aromatic heterocycles. The lowest BCUT2D eigenvalue weighted by atomic mass is 9.87. The second-order valence-corrected chi connectivity index (χ2v) is 4.87. The Kier molecular flexibility index (Phi) is 3.86. The van der Waals surface area contributed by atoms with Crippen molar-refractivity contribution in [2.45, 2.75) is 33.6 Å². The van der Waals surface area contributed by atoms with Crippen LogP contribution in [-0.2, 0) is 0 Å². The van der Waals surface area contributed by atoms with Gasteiger partial charge < -0.3 is 5.73 Å². The van der Waals surface area contributed by atoms with Crippen LogP contribution < -0.4 is 5.73 Å². The maximum Gasteiger partial charge on any atom is 0.0761 e. The molecule has 2 heteroatoms. The van der Waals surface area contributed by atoms with Gasteiger partial charge >= 0.3 is 0 Å². The van der Waals surface area contributed by atoms with Crippen molar-refractivity contribution in [3.63, 3.8) is 0 Å². The fourth-order valence-corrected chi connectivity index (χ4v) is 2.01. The summed E-state index contributed by atoms with van der Waals surface area (Å²) in [7, 11) is 0. The lowest BCUT2D eigenvalue weighted by Crippen LogP contribution is -2.23. The lowest BCUT2D eigenvalue weighted by Gasteiger charge is -2.20. The molecule has 0 aliphatic carbocycles. The summed E-state index contributed by atoms with van der Waals surface area (Å²) < 4.78 is 0. The highest BCUT2D eigenvalue weighted by Gasteiger charge is 2.16. The quantitative estimate of drug-likeness (QED) is 0.792. The van der Waals surface area contributed by atoms with Crippen LogP contribution in [0, 0.1) is 19.8 Å². The summed E-state index contributed by atoms with van der Waals surface area (Å²) in [4.78, 5) is 0.599. The SMILES string of the molecule is Cc1cc(C)cc(C(C)C(C)C(N)=S)c1. The van der Waals surface area contributed by atoms with Crippen molar-refractivity contribution in [3.05, 3.63) is 34.9 Å². The zero-order chi connectivity index (χ0) is 11.6. The Balaban J connectivity index is 3.00. The van der Waals surface area contributed by atoms with Crippen LogP contribution >= 0.6 is 12.2 Å². The number of aryl methyl sites for hydroxylation is 2. The Morgan fingerprint density at radius 2 is 1.60 bits per heavy atom. The molecule has 0 amide bonds. The minimum absolute atomic E-state index is 0.251. The molecule has 2 atom stereocenters.